The molecule has 0 aliphatic rings. The predicted octanol–water partition coefficient (Wildman–Crippen LogP) is 1.13. The van der Waals surface area contributed by atoms with E-state index in [1.807, 2.05) is 0 Å². The van der Waals surface area contributed by atoms with Crippen LogP contribution in [-0.2, 0) is 10.3 Å². The van der Waals surface area contributed by atoms with Gasteiger partial charge in [-0.05, 0) is 0 Å². The highest BCUT2D eigenvalue weighted by Crippen LogP contribution is 2.16. The fourth-order valence-corrected chi connectivity index (χ4v) is 0.544. The molecule has 0 atom stereocenters. The molecule has 1 aromatic carbocycles. The number of nitrogens with two attached hydrogens (primary N) is 1. The van der Waals surface area contributed by atoms with Crippen LogP contribution in [0.2, 0.25) is 0 Å². The normalized spacial score (nSPS) is 10.7. The molecule has 0 saturated heterocycles. The van der Waals surface area contributed by atoms with E-state index in [0.29, 0.717) is 0 Å². The van der Waals surface area contributed by atoms with Gasteiger partial charge in [-0.2, -0.15) is 8.42 Å². The second-order valence-corrected chi connectivity index (χ2v) is 3.33. The maximum atomic E-state index is 12.0. The van der Waals surface area contributed by atoms with Gasteiger partial charge in [-0.1, -0.05) is 0 Å². The smallest absolute Gasteiger partial charge is 0.274 e. The number of benzene rings is 1. The van der Waals surface area contributed by atoms with Gasteiger partial charge in [-0.3, -0.25) is 4.55 Å². The van der Waals surface area contributed by atoms with Crippen molar-refractivity contribution in [3.8, 4) is 0 Å². The third-order valence-corrected chi connectivity index (χ3v) is 1.06. The molecule has 10 heteroatoms. The van der Waals surface area contributed by atoms with Gasteiger partial charge in [-0.15, -0.1) is 0 Å². The zero-order valence-electron chi connectivity index (χ0n) is 7.22. The summed E-state index contributed by atoms with van der Waals surface area (Å²) < 4.78 is 85.3. The van der Waals surface area contributed by atoms with E-state index in [9.17, 15) is 22.0 Å². The second-order valence-electron chi connectivity index (χ2n) is 2.30. The molecule has 0 saturated carbocycles. The Labute approximate surface area is 86.4 Å². The lowest BCUT2D eigenvalue weighted by atomic mass is 10.3. The number of hydrogen-bond donors (Lipinski definition) is 2. The number of rotatable bonds is 0. The summed E-state index contributed by atoms with van der Waals surface area (Å²) >= 11 is 0. The fourth-order valence-electron chi connectivity index (χ4n) is 0.544. The van der Waals surface area contributed by atoms with Crippen LogP contribution >= 0.6 is 0 Å². The van der Waals surface area contributed by atoms with E-state index in [2.05, 4.69) is 5.14 Å². The summed E-state index contributed by atoms with van der Waals surface area (Å²) in [5, 5.41) is 3.88. The molecule has 0 spiro atoms. The van der Waals surface area contributed by atoms with Crippen molar-refractivity contribution in [2.24, 2.45) is 5.14 Å². The standard InChI is InChI=1S/C6HF5.H3NO3S/c7-2-1-3(8)5(10)6(11)4(2)9;1-5(2,3)4/h1H;(H3,1,2,3,4). The Balaban J connectivity index is 0.000000385. The molecule has 92 valence electrons. The molecule has 0 heterocycles. The van der Waals surface area contributed by atoms with E-state index >= 15 is 0 Å². The van der Waals surface area contributed by atoms with Crippen LogP contribution in [0, 0.1) is 29.1 Å². The van der Waals surface area contributed by atoms with E-state index in [1.165, 1.54) is 0 Å². The van der Waals surface area contributed by atoms with Crippen LogP contribution in [0.15, 0.2) is 6.07 Å². The van der Waals surface area contributed by atoms with Gasteiger partial charge in [0.15, 0.2) is 23.3 Å². The summed E-state index contributed by atoms with van der Waals surface area (Å²) in [6.45, 7) is 0. The largest absolute Gasteiger partial charge is 0.330 e. The predicted molar refractivity (Wildman–Crippen MR) is 42.0 cm³/mol. The van der Waals surface area contributed by atoms with Gasteiger partial charge in [0.2, 0.25) is 5.82 Å². The highest BCUT2D eigenvalue weighted by atomic mass is 32.2. The Hall–Kier alpha value is -1.26. The van der Waals surface area contributed by atoms with Gasteiger partial charge in [0.05, 0.1) is 0 Å². The van der Waals surface area contributed by atoms with Crippen molar-refractivity contribution in [3.63, 3.8) is 0 Å². The van der Waals surface area contributed by atoms with Crippen LogP contribution in [-0.4, -0.2) is 13.0 Å². The monoisotopic (exact) mass is 265 g/mol. The van der Waals surface area contributed by atoms with Crippen molar-refractivity contribution >= 4 is 10.3 Å². The average molecular weight is 265 g/mol. The molecule has 0 amide bonds. The first-order chi connectivity index (χ1) is 7.04. The van der Waals surface area contributed by atoms with E-state index in [-0.39, 0.29) is 6.07 Å². The highest BCUT2D eigenvalue weighted by Gasteiger charge is 2.18. The van der Waals surface area contributed by atoms with Crippen molar-refractivity contribution in [2.75, 3.05) is 0 Å². The maximum Gasteiger partial charge on any atom is 0.330 e. The van der Waals surface area contributed by atoms with E-state index in [4.69, 9.17) is 13.0 Å². The third kappa shape index (κ3) is 5.00. The molecule has 1 aromatic rings. The Kier molecular flexibility index (Phi) is 4.78. The topological polar surface area (TPSA) is 80.4 Å². The summed E-state index contributed by atoms with van der Waals surface area (Å²) in [6, 6.07) is -0.0618. The van der Waals surface area contributed by atoms with Gasteiger partial charge in [-0.25, -0.2) is 27.1 Å². The SMILES string of the molecule is Fc1cc(F)c(F)c(F)c1F.NS(=O)(=O)O. The van der Waals surface area contributed by atoms with E-state index < -0.39 is 39.4 Å². The minimum absolute atomic E-state index is 0.0618. The fraction of sp³-hybridized carbons (Fsp3) is 0. The molecule has 0 unspecified atom stereocenters. The summed E-state index contributed by atoms with van der Waals surface area (Å²) in [5.74, 6) is -9.65. The van der Waals surface area contributed by atoms with Crippen LogP contribution in [0.1, 0.15) is 0 Å². The van der Waals surface area contributed by atoms with Crippen LogP contribution < -0.4 is 5.14 Å². The van der Waals surface area contributed by atoms with Crippen molar-refractivity contribution in [1.82, 2.24) is 0 Å². The zero-order chi connectivity index (χ0) is 13.1. The van der Waals surface area contributed by atoms with Crippen LogP contribution in [0.4, 0.5) is 22.0 Å². The Morgan fingerprint density at radius 2 is 1.19 bits per heavy atom. The minimum Gasteiger partial charge on any atom is -0.274 e. The summed E-state index contributed by atoms with van der Waals surface area (Å²) in [5.41, 5.74) is 0. The van der Waals surface area contributed by atoms with Gasteiger partial charge >= 0.3 is 10.3 Å². The molecule has 0 bridgehead atoms. The van der Waals surface area contributed by atoms with Crippen LogP contribution in [0.25, 0.3) is 0 Å². The molecule has 0 radical (unpaired) electrons. The number of hydrogen-bond acceptors (Lipinski definition) is 2. The maximum absolute atomic E-state index is 12.0. The molecular weight excluding hydrogens is 261 g/mol. The molecular formula is C6H4F5NO3S. The van der Waals surface area contributed by atoms with Gasteiger partial charge in [0, 0.05) is 6.07 Å². The molecule has 16 heavy (non-hydrogen) atoms. The van der Waals surface area contributed by atoms with Crippen LogP contribution in [0.3, 0.4) is 0 Å². The molecule has 1 rings (SSSR count). The zero-order valence-corrected chi connectivity index (χ0v) is 8.03. The van der Waals surface area contributed by atoms with Crippen molar-refractivity contribution in [3.05, 3.63) is 35.2 Å². The van der Waals surface area contributed by atoms with E-state index in [0.717, 1.165) is 0 Å². The van der Waals surface area contributed by atoms with Gasteiger partial charge in [0.1, 0.15) is 0 Å². The highest BCUT2D eigenvalue weighted by molar-refractivity contribution is 7.83. The first kappa shape index (κ1) is 14.7. The minimum atomic E-state index is -4.17. The lowest BCUT2D eigenvalue weighted by Crippen LogP contribution is -2.08. The number of halogens is 5. The lowest BCUT2D eigenvalue weighted by molar-refractivity contribution is 0.378. The van der Waals surface area contributed by atoms with E-state index in [1.54, 1.807) is 0 Å². The summed E-state index contributed by atoms with van der Waals surface area (Å²) in [6.07, 6.45) is 0. The van der Waals surface area contributed by atoms with Crippen molar-refractivity contribution in [1.29, 1.82) is 0 Å². The second kappa shape index (κ2) is 5.18. The average Bonchev–Trinajstić information content (AvgIpc) is 2.09. The van der Waals surface area contributed by atoms with Crippen molar-refractivity contribution < 1.29 is 34.9 Å². The summed E-state index contributed by atoms with van der Waals surface area (Å²) in [7, 11) is -4.17. The van der Waals surface area contributed by atoms with Crippen molar-refractivity contribution in [2.45, 2.75) is 0 Å². The Bertz CT molecular complexity index is 455. The molecule has 4 nitrogen and oxygen atoms in total. The molecule has 0 aliphatic carbocycles. The van der Waals surface area contributed by atoms with Crippen LogP contribution in [0.5, 0.6) is 0 Å². The molecule has 0 aromatic heterocycles. The van der Waals surface area contributed by atoms with Gasteiger partial charge < -0.3 is 0 Å². The quantitative estimate of drug-likeness (QED) is 0.319. The first-order valence-corrected chi connectivity index (χ1v) is 4.78. The summed E-state index contributed by atoms with van der Waals surface area (Å²) in [4.78, 5) is 0. The molecule has 3 N–H and O–H groups in total. The third-order valence-electron chi connectivity index (χ3n) is 1.06. The molecule has 0 fully saturated rings. The Morgan fingerprint density at radius 3 is 1.44 bits per heavy atom. The first-order valence-electron chi connectivity index (χ1n) is 3.27. The lowest BCUT2D eigenvalue weighted by Gasteiger charge is -1.96. The van der Waals surface area contributed by atoms with Gasteiger partial charge in [0.25, 0.3) is 0 Å². The molecule has 0 aliphatic heterocycles. The Morgan fingerprint density at radius 1 is 0.938 bits per heavy atom.